The van der Waals surface area contributed by atoms with E-state index in [0.29, 0.717) is 30.5 Å². The average Bonchev–Trinajstić information content (AvgIpc) is 3.27. The number of aliphatic imine (C=N–C) groups is 1. The molecule has 0 spiro atoms. The Balaban J connectivity index is 0.00000341. The maximum atomic E-state index is 13.2. The average molecular weight is 564 g/mol. The molecule has 2 aliphatic rings. The van der Waals surface area contributed by atoms with Crippen molar-refractivity contribution in [2.45, 2.75) is 50.0 Å². The van der Waals surface area contributed by atoms with Crippen molar-refractivity contribution in [3.8, 4) is 0 Å². The van der Waals surface area contributed by atoms with Crippen molar-refractivity contribution in [1.82, 2.24) is 19.8 Å². The van der Waals surface area contributed by atoms with Crippen molar-refractivity contribution in [3.63, 3.8) is 0 Å². The number of nitrogens with zero attached hydrogens (tertiary/aromatic N) is 3. The van der Waals surface area contributed by atoms with Gasteiger partial charge in [0.25, 0.3) is 0 Å². The molecule has 0 aromatic heterocycles. The summed E-state index contributed by atoms with van der Waals surface area (Å²) in [6.07, 6.45) is 7.95. The smallest absolute Gasteiger partial charge is 0.243 e. The molecular weight excluding hydrogens is 525 g/mol. The molecule has 7 nitrogen and oxygen atoms in total. The van der Waals surface area contributed by atoms with Crippen molar-refractivity contribution in [2.24, 2.45) is 10.9 Å². The summed E-state index contributed by atoms with van der Waals surface area (Å²) in [4.78, 5) is 6.83. The molecular formula is C22H38IN5O2S. The Morgan fingerprint density at radius 2 is 1.77 bits per heavy atom. The summed E-state index contributed by atoms with van der Waals surface area (Å²) >= 11 is 0. The Kier molecular flexibility index (Phi) is 11.0. The van der Waals surface area contributed by atoms with Crippen molar-refractivity contribution in [3.05, 3.63) is 29.8 Å². The molecule has 1 aliphatic carbocycles. The van der Waals surface area contributed by atoms with Crippen LogP contribution in [0.2, 0.25) is 0 Å². The highest BCUT2D eigenvalue weighted by Crippen LogP contribution is 2.28. The van der Waals surface area contributed by atoms with Gasteiger partial charge >= 0.3 is 0 Å². The number of rotatable bonds is 8. The van der Waals surface area contributed by atoms with Crippen molar-refractivity contribution in [2.75, 3.05) is 46.8 Å². The molecule has 0 atom stereocenters. The largest absolute Gasteiger partial charge is 0.356 e. The third-order valence-electron chi connectivity index (χ3n) is 6.28. The maximum Gasteiger partial charge on any atom is 0.243 e. The molecule has 2 N–H and O–H groups in total. The minimum Gasteiger partial charge on any atom is -0.356 e. The second kappa shape index (κ2) is 13.0. The van der Waals surface area contributed by atoms with Gasteiger partial charge in [0.2, 0.25) is 10.0 Å². The molecule has 2 fully saturated rings. The normalized spacial score (nSPS) is 19.2. The first-order valence-corrected chi connectivity index (χ1v) is 12.7. The van der Waals surface area contributed by atoms with Crippen LogP contribution >= 0.6 is 24.0 Å². The lowest BCUT2D eigenvalue weighted by Gasteiger charge is -2.32. The van der Waals surface area contributed by atoms with E-state index in [1.165, 1.54) is 32.1 Å². The SMILES string of the molecule is CN=C(NCCCC1CCCC1)NCc1ccccc1S(=O)(=O)N1CCN(C)CC1.I. The monoisotopic (exact) mass is 563 g/mol. The minimum atomic E-state index is -3.49. The second-order valence-corrected chi connectivity index (χ2v) is 10.4. The molecule has 0 bridgehead atoms. The first-order valence-electron chi connectivity index (χ1n) is 11.2. The molecule has 1 saturated carbocycles. The Labute approximate surface area is 205 Å². The van der Waals surface area contributed by atoms with Crippen LogP contribution in [0.25, 0.3) is 0 Å². The minimum absolute atomic E-state index is 0. The van der Waals surface area contributed by atoms with E-state index in [1.807, 2.05) is 19.2 Å². The lowest BCUT2D eigenvalue weighted by Crippen LogP contribution is -2.47. The van der Waals surface area contributed by atoms with E-state index >= 15 is 0 Å². The summed E-state index contributed by atoms with van der Waals surface area (Å²) in [5, 5.41) is 6.65. The number of hydrogen-bond donors (Lipinski definition) is 2. The number of benzene rings is 1. The topological polar surface area (TPSA) is 77.0 Å². The fraction of sp³-hybridized carbons (Fsp3) is 0.682. The lowest BCUT2D eigenvalue weighted by molar-refractivity contribution is 0.222. The number of piperazine rings is 1. The standard InChI is InChI=1S/C22H37N5O2S.HI/c1-23-22(24-13-7-10-19-8-3-4-9-19)25-18-20-11-5-6-12-21(20)30(28,29)27-16-14-26(2)15-17-27;/h5-6,11-12,19H,3-4,7-10,13-18H2,1-2H3,(H2,23,24,25);1H. The highest BCUT2D eigenvalue weighted by Gasteiger charge is 2.29. The Morgan fingerprint density at radius 3 is 2.45 bits per heavy atom. The van der Waals surface area contributed by atoms with Gasteiger partial charge in [0.05, 0.1) is 4.90 Å². The van der Waals surface area contributed by atoms with Crippen LogP contribution in [0.1, 0.15) is 44.1 Å². The quantitative estimate of drug-likeness (QED) is 0.220. The second-order valence-electron chi connectivity index (χ2n) is 8.46. The Bertz CT molecular complexity index is 804. The van der Waals surface area contributed by atoms with Crippen molar-refractivity contribution >= 4 is 40.0 Å². The van der Waals surface area contributed by atoms with Crippen LogP contribution < -0.4 is 10.6 Å². The van der Waals surface area contributed by atoms with Crippen molar-refractivity contribution in [1.29, 1.82) is 0 Å². The molecule has 9 heteroatoms. The van der Waals surface area contributed by atoms with E-state index in [4.69, 9.17) is 0 Å². The van der Waals surface area contributed by atoms with Crippen LogP contribution in [0.3, 0.4) is 0 Å². The third-order valence-corrected chi connectivity index (χ3v) is 8.28. The van der Waals surface area contributed by atoms with Gasteiger partial charge in [-0.25, -0.2) is 8.42 Å². The number of guanidine groups is 1. The first-order chi connectivity index (χ1) is 14.5. The van der Waals surface area contributed by atoms with Gasteiger partial charge in [0.15, 0.2) is 5.96 Å². The van der Waals surface area contributed by atoms with E-state index in [0.717, 1.165) is 37.5 Å². The number of halogens is 1. The molecule has 1 aromatic rings. The van der Waals surface area contributed by atoms with Crippen LogP contribution in [-0.4, -0.2) is 70.4 Å². The van der Waals surface area contributed by atoms with Crippen LogP contribution in [0.15, 0.2) is 34.2 Å². The van der Waals surface area contributed by atoms with Gasteiger partial charge in [-0.15, -0.1) is 24.0 Å². The zero-order chi connectivity index (χ0) is 21.4. The molecule has 3 rings (SSSR count). The fourth-order valence-corrected chi connectivity index (χ4v) is 6.01. The van der Waals surface area contributed by atoms with Crippen LogP contribution in [-0.2, 0) is 16.6 Å². The van der Waals surface area contributed by atoms with Crippen molar-refractivity contribution < 1.29 is 8.42 Å². The summed E-state index contributed by atoms with van der Waals surface area (Å²) in [5.41, 5.74) is 0.769. The summed E-state index contributed by atoms with van der Waals surface area (Å²) in [5.74, 6) is 1.61. The number of likely N-dealkylation sites (N-methyl/N-ethyl adjacent to an activating group) is 1. The van der Waals surface area contributed by atoms with E-state index < -0.39 is 10.0 Å². The fourth-order valence-electron chi connectivity index (χ4n) is 4.37. The first kappa shape index (κ1) is 26.3. The molecule has 176 valence electrons. The molecule has 1 aliphatic heterocycles. The van der Waals surface area contributed by atoms with E-state index in [2.05, 4.69) is 20.5 Å². The van der Waals surface area contributed by atoms with E-state index in [1.54, 1.807) is 23.5 Å². The summed E-state index contributed by atoms with van der Waals surface area (Å²) in [6.45, 7) is 3.90. The molecule has 0 radical (unpaired) electrons. The molecule has 0 unspecified atom stereocenters. The van der Waals surface area contributed by atoms with E-state index in [-0.39, 0.29) is 24.0 Å². The van der Waals surface area contributed by atoms with Crippen LogP contribution in [0.5, 0.6) is 0 Å². The predicted molar refractivity (Wildman–Crippen MR) is 138 cm³/mol. The van der Waals surface area contributed by atoms with Gasteiger partial charge in [-0.05, 0) is 37.4 Å². The third kappa shape index (κ3) is 7.57. The van der Waals surface area contributed by atoms with Crippen LogP contribution in [0.4, 0.5) is 0 Å². The Hall–Kier alpha value is -0.910. The van der Waals surface area contributed by atoms with Gasteiger partial charge in [-0.3, -0.25) is 4.99 Å². The molecule has 0 amide bonds. The van der Waals surface area contributed by atoms with E-state index in [9.17, 15) is 8.42 Å². The van der Waals surface area contributed by atoms with Gasteiger partial charge in [-0.1, -0.05) is 43.9 Å². The zero-order valence-corrected chi connectivity index (χ0v) is 22.0. The number of hydrogen-bond acceptors (Lipinski definition) is 4. The molecule has 1 saturated heterocycles. The number of sulfonamides is 1. The summed E-state index contributed by atoms with van der Waals surface area (Å²) < 4.78 is 28.0. The zero-order valence-electron chi connectivity index (χ0n) is 18.8. The van der Waals surface area contributed by atoms with Crippen LogP contribution in [0, 0.1) is 5.92 Å². The van der Waals surface area contributed by atoms with Gasteiger partial charge in [0, 0.05) is 46.3 Å². The maximum absolute atomic E-state index is 13.2. The van der Waals surface area contributed by atoms with Gasteiger partial charge in [-0.2, -0.15) is 4.31 Å². The van der Waals surface area contributed by atoms with Gasteiger partial charge < -0.3 is 15.5 Å². The predicted octanol–water partition coefficient (Wildman–Crippen LogP) is 2.88. The lowest BCUT2D eigenvalue weighted by atomic mass is 10.0. The summed E-state index contributed by atoms with van der Waals surface area (Å²) in [7, 11) is 0.276. The highest BCUT2D eigenvalue weighted by molar-refractivity contribution is 14.0. The summed E-state index contributed by atoms with van der Waals surface area (Å²) in [6, 6.07) is 7.27. The molecule has 1 aromatic carbocycles. The highest BCUT2D eigenvalue weighted by atomic mass is 127. The Morgan fingerprint density at radius 1 is 1.10 bits per heavy atom. The number of nitrogens with one attached hydrogen (secondary N) is 2. The van der Waals surface area contributed by atoms with Gasteiger partial charge in [0.1, 0.15) is 0 Å². The molecule has 1 heterocycles. The molecule has 31 heavy (non-hydrogen) atoms.